The van der Waals surface area contributed by atoms with Crippen molar-refractivity contribution < 1.29 is 58.2 Å². The summed E-state index contributed by atoms with van der Waals surface area (Å²) in [6, 6.07) is 0. The molecular formula is C67H112O12. The van der Waals surface area contributed by atoms with E-state index in [9.17, 15) is 34.5 Å². The lowest BCUT2D eigenvalue weighted by molar-refractivity contribution is -0.301. The molecule has 0 aromatic rings. The van der Waals surface area contributed by atoms with E-state index in [0.717, 1.165) is 122 Å². The van der Waals surface area contributed by atoms with Crippen molar-refractivity contribution in [3.63, 3.8) is 0 Å². The topological polar surface area (TPSA) is 175 Å². The van der Waals surface area contributed by atoms with Gasteiger partial charge in [0.25, 0.3) is 0 Å². The Kier molecular flexibility index (Phi) is 50.3. The predicted octanol–water partition coefficient (Wildman–Crippen LogP) is 16.7. The number of carboxylic acids is 1. The van der Waals surface area contributed by atoms with Crippen molar-refractivity contribution in [3.8, 4) is 0 Å². The fraction of sp³-hybridized carbons (Fsp3) is 0.731. The zero-order valence-electron chi connectivity index (χ0n) is 49.8. The first-order chi connectivity index (χ1) is 38.6. The third-order valence-corrected chi connectivity index (χ3v) is 14.0. The van der Waals surface area contributed by atoms with Crippen molar-refractivity contribution in [2.45, 2.75) is 302 Å². The number of hydrogen-bond acceptors (Lipinski definition) is 11. The van der Waals surface area contributed by atoms with E-state index in [1.165, 1.54) is 83.5 Å². The molecule has 79 heavy (non-hydrogen) atoms. The summed E-state index contributed by atoms with van der Waals surface area (Å²) in [6.07, 6.45) is 58.3. The molecule has 12 heteroatoms. The summed E-state index contributed by atoms with van der Waals surface area (Å²) in [5.41, 5.74) is 0. The molecule has 0 saturated carbocycles. The molecule has 452 valence electrons. The highest BCUT2D eigenvalue weighted by Gasteiger charge is 2.50. The normalized spacial score (nSPS) is 18.4. The number of unbranched alkanes of at least 4 members (excludes halogenated alkanes) is 25. The molecule has 3 N–H and O–H groups in total. The van der Waals surface area contributed by atoms with Crippen LogP contribution in [0.1, 0.15) is 265 Å². The summed E-state index contributed by atoms with van der Waals surface area (Å²) in [5.74, 6) is -3.18. The smallest absolute Gasteiger partial charge is 0.335 e. The van der Waals surface area contributed by atoms with Gasteiger partial charge in [0, 0.05) is 19.3 Å². The van der Waals surface area contributed by atoms with Crippen molar-refractivity contribution in [2.75, 3.05) is 13.2 Å². The zero-order valence-corrected chi connectivity index (χ0v) is 49.8. The Labute approximate surface area is 480 Å². The van der Waals surface area contributed by atoms with E-state index in [-0.39, 0.29) is 25.9 Å². The molecule has 6 atom stereocenters. The maximum atomic E-state index is 13.2. The maximum Gasteiger partial charge on any atom is 0.335 e. The number of carbonyl (C=O) groups is 4. The highest BCUT2D eigenvalue weighted by atomic mass is 16.7. The molecule has 12 nitrogen and oxygen atoms in total. The van der Waals surface area contributed by atoms with Crippen molar-refractivity contribution in [1.29, 1.82) is 0 Å². The van der Waals surface area contributed by atoms with Crippen LogP contribution in [0, 0.1) is 0 Å². The van der Waals surface area contributed by atoms with Gasteiger partial charge in [0.05, 0.1) is 6.61 Å². The van der Waals surface area contributed by atoms with E-state index in [0.29, 0.717) is 19.3 Å². The monoisotopic (exact) mass is 1110 g/mol. The van der Waals surface area contributed by atoms with Crippen LogP contribution in [-0.2, 0) is 42.9 Å². The Hall–Kier alpha value is -4.10. The number of carbonyl (C=O) groups excluding carboxylic acids is 3. The van der Waals surface area contributed by atoms with E-state index in [2.05, 4.69) is 106 Å². The number of aliphatic carboxylic acids is 1. The van der Waals surface area contributed by atoms with Gasteiger partial charge in [-0.1, -0.05) is 241 Å². The second-order valence-electron chi connectivity index (χ2n) is 21.3. The van der Waals surface area contributed by atoms with Gasteiger partial charge >= 0.3 is 23.9 Å². The molecule has 1 fully saturated rings. The van der Waals surface area contributed by atoms with E-state index >= 15 is 0 Å². The first-order valence-electron chi connectivity index (χ1n) is 31.6. The fourth-order valence-electron chi connectivity index (χ4n) is 9.20. The summed E-state index contributed by atoms with van der Waals surface area (Å²) in [4.78, 5) is 51.3. The molecule has 0 aliphatic carbocycles. The Balaban J connectivity index is 2.69. The van der Waals surface area contributed by atoms with E-state index in [4.69, 9.17) is 23.7 Å². The lowest BCUT2D eigenvalue weighted by Crippen LogP contribution is -2.61. The van der Waals surface area contributed by atoms with Gasteiger partial charge in [0.1, 0.15) is 18.8 Å². The standard InChI is InChI=1S/C67H112O12/c1-4-7-10-13-16-19-22-25-28-30-33-35-38-41-44-47-50-53-59(68)75-56-58(77-60(69)54-51-48-45-42-39-36-32-27-24-21-18-15-12-9-6-3)57-76-67-65(63(72)62(71)64(79-67)66(73)74)78-61(70)55-52-49-46-43-40-37-34-31-29-26-23-20-17-14-11-8-5-2/h8-9,11-12,17-18,20-21,26-27,29,32,39,42,58,62-65,67,71-72H,4-7,10,13-16,19,22-25,28,30-31,33-38,40-41,43-57H2,1-3H3,(H,73,74)/b11-8-,12-9-,20-17-,21-18-,29-26-,32-27-,42-39-. The number of aliphatic hydroxyl groups excluding tert-OH is 2. The molecule has 6 unspecified atom stereocenters. The quantitative estimate of drug-likeness (QED) is 0.0228. The molecule has 0 aromatic carbocycles. The van der Waals surface area contributed by atoms with Gasteiger partial charge in [0.2, 0.25) is 0 Å². The van der Waals surface area contributed by atoms with Gasteiger partial charge in [-0.3, -0.25) is 14.4 Å². The summed E-state index contributed by atoms with van der Waals surface area (Å²) in [7, 11) is 0. The molecule has 0 spiro atoms. The highest BCUT2D eigenvalue weighted by molar-refractivity contribution is 5.74. The lowest BCUT2D eigenvalue weighted by atomic mass is 9.98. The van der Waals surface area contributed by atoms with Crippen LogP contribution in [0.4, 0.5) is 0 Å². The van der Waals surface area contributed by atoms with Crippen LogP contribution < -0.4 is 0 Å². The Bertz CT molecular complexity index is 1700. The number of esters is 3. The largest absolute Gasteiger partial charge is 0.479 e. The molecular weight excluding hydrogens is 997 g/mol. The van der Waals surface area contributed by atoms with Crippen molar-refractivity contribution >= 4 is 23.9 Å². The second kappa shape index (κ2) is 54.5. The SMILES string of the molecule is CC/C=C\C/C=C\C/C=C\C/C=C\CCCCC(=O)OC(COC(=O)CCCCCCCCCCCCCCCCCCC)COC1OC(C(=O)O)C(O)C(O)C1OC(=O)CCCCCCCCC/C=C\C/C=C\C/C=C\CC. The molecule has 1 aliphatic rings. The van der Waals surface area contributed by atoms with Crippen LogP contribution >= 0.6 is 0 Å². The number of hydrogen-bond donors (Lipinski definition) is 3. The van der Waals surface area contributed by atoms with Crippen LogP contribution in [0.15, 0.2) is 85.1 Å². The van der Waals surface area contributed by atoms with Crippen LogP contribution in [0.25, 0.3) is 0 Å². The number of allylic oxidation sites excluding steroid dienone is 14. The Morgan fingerprint density at radius 1 is 0.430 bits per heavy atom. The average molecular weight is 1110 g/mol. The third kappa shape index (κ3) is 44.3. The van der Waals surface area contributed by atoms with Gasteiger partial charge < -0.3 is 39.0 Å². The van der Waals surface area contributed by atoms with Gasteiger partial charge in [-0.05, 0) is 89.9 Å². The van der Waals surface area contributed by atoms with Gasteiger partial charge in [0.15, 0.2) is 24.6 Å². The first kappa shape index (κ1) is 72.9. The Morgan fingerprint density at radius 3 is 1.24 bits per heavy atom. The van der Waals surface area contributed by atoms with Crippen LogP contribution in [-0.4, -0.2) is 89.2 Å². The summed E-state index contributed by atoms with van der Waals surface area (Å²) >= 11 is 0. The minimum absolute atomic E-state index is 0.0421. The number of aliphatic hydroxyl groups is 2. The summed E-state index contributed by atoms with van der Waals surface area (Å²) in [5, 5.41) is 31.6. The maximum absolute atomic E-state index is 13.2. The highest BCUT2D eigenvalue weighted by Crippen LogP contribution is 2.26. The van der Waals surface area contributed by atoms with Crippen LogP contribution in [0.5, 0.6) is 0 Å². The van der Waals surface area contributed by atoms with E-state index < -0.39 is 67.3 Å². The molecule has 1 rings (SSSR count). The van der Waals surface area contributed by atoms with Gasteiger partial charge in [-0.25, -0.2) is 4.79 Å². The number of carboxylic acid groups (broad SMARTS) is 1. The zero-order chi connectivity index (χ0) is 57.5. The number of ether oxygens (including phenoxy) is 5. The number of rotatable bonds is 53. The Morgan fingerprint density at radius 2 is 0.797 bits per heavy atom. The molecule has 1 aliphatic heterocycles. The van der Waals surface area contributed by atoms with Crippen molar-refractivity contribution in [3.05, 3.63) is 85.1 Å². The lowest BCUT2D eigenvalue weighted by Gasteiger charge is -2.40. The van der Waals surface area contributed by atoms with Crippen LogP contribution in [0.2, 0.25) is 0 Å². The summed E-state index contributed by atoms with van der Waals surface area (Å²) < 4.78 is 28.5. The molecule has 0 bridgehead atoms. The first-order valence-corrected chi connectivity index (χ1v) is 31.6. The van der Waals surface area contributed by atoms with Crippen molar-refractivity contribution in [1.82, 2.24) is 0 Å². The molecule has 0 amide bonds. The fourth-order valence-corrected chi connectivity index (χ4v) is 9.20. The predicted molar refractivity (Wildman–Crippen MR) is 321 cm³/mol. The molecule has 1 heterocycles. The van der Waals surface area contributed by atoms with E-state index in [1.54, 1.807) is 0 Å². The third-order valence-electron chi connectivity index (χ3n) is 14.0. The second-order valence-corrected chi connectivity index (χ2v) is 21.3. The van der Waals surface area contributed by atoms with Gasteiger partial charge in [-0.2, -0.15) is 0 Å². The molecule has 1 saturated heterocycles. The van der Waals surface area contributed by atoms with Crippen molar-refractivity contribution in [2.24, 2.45) is 0 Å². The van der Waals surface area contributed by atoms with Crippen LogP contribution in [0.3, 0.4) is 0 Å². The van der Waals surface area contributed by atoms with E-state index in [1.807, 2.05) is 0 Å². The summed E-state index contributed by atoms with van der Waals surface area (Å²) in [6.45, 7) is 5.76. The average Bonchev–Trinajstić information content (AvgIpc) is 3.46. The molecule has 0 aromatic heterocycles. The molecule has 0 radical (unpaired) electrons. The minimum Gasteiger partial charge on any atom is -0.479 e. The van der Waals surface area contributed by atoms with Gasteiger partial charge in [-0.15, -0.1) is 0 Å². The minimum atomic E-state index is -1.92.